The molecule has 6 aromatic heterocycles. The van der Waals surface area contributed by atoms with Crippen LogP contribution in [0, 0.1) is 27.7 Å². The summed E-state index contributed by atoms with van der Waals surface area (Å²) < 4.78 is 3.50. The highest BCUT2D eigenvalue weighted by atomic mass is 32.1. The lowest BCUT2D eigenvalue weighted by Crippen LogP contribution is -1.89. The lowest BCUT2D eigenvalue weighted by atomic mass is 10.2. The summed E-state index contributed by atoms with van der Waals surface area (Å²) in [5, 5.41) is 14.5. The van der Waals surface area contributed by atoms with Crippen molar-refractivity contribution in [2.45, 2.75) is 27.7 Å². The van der Waals surface area contributed by atoms with Crippen molar-refractivity contribution in [1.29, 1.82) is 0 Å². The van der Waals surface area contributed by atoms with Crippen molar-refractivity contribution in [2.75, 3.05) is 0 Å². The van der Waals surface area contributed by atoms with Crippen LogP contribution >= 0.6 is 34.0 Å². The Morgan fingerprint density at radius 1 is 0.706 bits per heavy atom. The fraction of sp³-hybridized carbons (Fsp3) is 0.154. The van der Waals surface area contributed by atoms with Crippen LogP contribution in [0.25, 0.3) is 30.3 Å². The molecule has 6 heterocycles. The van der Waals surface area contributed by atoms with Crippen LogP contribution < -0.4 is 0 Å². The number of rotatable bonds is 1. The number of hydrogen-bond acceptors (Lipinski definition) is 7. The van der Waals surface area contributed by atoms with Crippen molar-refractivity contribution in [3.63, 3.8) is 0 Å². The van der Waals surface area contributed by atoms with Gasteiger partial charge >= 0.3 is 5.97 Å². The molecule has 0 spiro atoms. The molecule has 172 valence electrons. The van der Waals surface area contributed by atoms with Crippen LogP contribution in [-0.2, 0) is 0 Å². The Hall–Kier alpha value is -3.20. The van der Waals surface area contributed by atoms with Crippen LogP contribution in [0.4, 0.5) is 0 Å². The smallest absolute Gasteiger partial charge is 0.345 e. The summed E-state index contributed by atoms with van der Waals surface area (Å²) in [5.74, 6) is -0.874. The maximum absolute atomic E-state index is 10.7. The number of pyridine rings is 3. The predicted molar refractivity (Wildman–Crippen MR) is 145 cm³/mol. The van der Waals surface area contributed by atoms with E-state index in [0.717, 1.165) is 15.6 Å². The molecule has 0 aliphatic carbocycles. The van der Waals surface area contributed by atoms with Crippen molar-refractivity contribution >= 4 is 70.2 Å². The summed E-state index contributed by atoms with van der Waals surface area (Å²) in [5.41, 5.74) is 3.55. The van der Waals surface area contributed by atoms with Gasteiger partial charge in [0.25, 0.3) is 0 Å². The van der Waals surface area contributed by atoms with Crippen LogP contribution in [0.3, 0.4) is 0 Å². The molecule has 0 saturated heterocycles. The number of hydrogen-bond donors (Lipinski definition) is 1. The van der Waals surface area contributed by atoms with E-state index in [-0.39, 0.29) is 0 Å². The average molecular weight is 506 g/mol. The maximum atomic E-state index is 10.7. The Morgan fingerprint density at radius 3 is 1.76 bits per heavy atom. The number of carboxylic acids is 1. The van der Waals surface area contributed by atoms with Gasteiger partial charge in [0.2, 0.25) is 0 Å². The molecule has 0 amide bonds. The van der Waals surface area contributed by atoms with Gasteiger partial charge in [0.15, 0.2) is 0 Å². The normalized spacial score (nSPS) is 10.6. The lowest BCUT2D eigenvalue weighted by Gasteiger charge is -1.91. The van der Waals surface area contributed by atoms with Crippen LogP contribution in [0.2, 0.25) is 0 Å². The molecule has 0 radical (unpaired) electrons. The van der Waals surface area contributed by atoms with Crippen LogP contribution in [0.5, 0.6) is 0 Å². The minimum absolute atomic E-state index is 0.367. The van der Waals surface area contributed by atoms with Gasteiger partial charge in [-0.2, -0.15) is 0 Å². The molecule has 1 N–H and O–H groups in total. The zero-order chi connectivity index (χ0) is 24.2. The molecule has 0 fully saturated rings. The van der Waals surface area contributed by atoms with Gasteiger partial charge in [-0.3, -0.25) is 15.0 Å². The Balaban J connectivity index is 0.000000122. The van der Waals surface area contributed by atoms with E-state index in [1.807, 2.05) is 31.7 Å². The summed E-state index contributed by atoms with van der Waals surface area (Å²) in [4.78, 5) is 24.6. The van der Waals surface area contributed by atoms with Crippen LogP contribution in [-0.4, -0.2) is 26.0 Å². The van der Waals surface area contributed by atoms with Gasteiger partial charge < -0.3 is 5.11 Å². The van der Waals surface area contributed by atoms with Gasteiger partial charge in [0, 0.05) is 42.1 Å². The van der Waals surface area contributed by atoms with E-state index in [1.165, 1.54) is 47.5 Å². The second-order valence-corrected chi connectivity index (χ2v) is 11.1. The van der Waals surface area contributed by atoms with Crippen molar-refractivity contribution in [3.05, 3.63) is 87.2 Å². The quantitative estimate of drug-likeness (QED) is 0.246. The first-order chi connectivity index (χ1) is 16.3. The molecule has 34 heavy (non-hydrogen) atoms. The second kappa shape index (κ2) is 10.4. The highest BCUT2D eigenvalue weighted by Crippen LogP contribution is 2.27. The zero-order valence-electron chi connectivity index (χ0n) is 19.2. The van der Waals surface area contributed by atoms with E-state index in [9.17, 15) is 4.79 Å². The van der Waals surface area contributed by atoms with E-state index in [2.05, 4.69) is 53.2 Å². The fourth-order valence-electron chi connectivity index (χ4n) is 3.46. The van der Waals surface area contributed by atoms with Gasteiger partial charge in [0.1, 0.15) is 4.88 Å². The monoisotopic (exact) mass is 505 g/mol. The molecule has 0 aliphatic rings. The number of aryl methyl sites for hydroxylation is 4. The van der Waals surface area contributed by atoms with Crippen molar-refractivity contribution in [2.24, 2.45) is 0 Å². The lowest BCUT2D eigenvalue weighted by molar-refractivity contribution is 0.0702. The first kappa shape index (κ1) is 23.9. The van der Waals surface area contributed by atoms with Crippen molar-refractivity contribution in [3.8, 4) is 0 Å². The molecular formula is C26H23N3O2S3. The van der Waals surface area contributed by atoms with Crippen molar-refractivity contribution < 1.29 is 9.90 Å². The third-order valence-electron chi connectivity index (χ3n) is 5.21. The number of fused-ring (bicyclic) bond motifs is 3. The molecule has 0 bridgehead atoms. The molecule has 5 nitrogen and oxygen atoms in total. The van der Waals surface area contributed by atoms with Crippen LogP contribution in [0.1, 0.15) is 31.2 Å². The minimum Gasteiger partial charge on any atom is -0.477 e. The van der Waals surface area contributed by atoms with Gasteiger partial charge in [-0.15, -0.1) is 34.0 Å². The van der Waals surface area contributed by atoms with E-state index in [0.29, 0.717) is 4.88 Å². The molecule has 6 rings (SSSR count). The number of aromatic nitrogens is 3. The Labute approximate surface area is 209 Å². The fourth-order valence-corrected chi connectivity index (χ4v) is 6.20. The number of carbonyl (C=O) groups is 1. The third-order valence-corrected chi connectivity index (χ3v) is 8.10. The highest BCUT2D eigenvalue weighted by molar-refractivity contribution is 7.20. The van der Waals surface area contributed by atoms with Gasteiger partial charge in [-0.25, -0.2) is 4.79 Å². The SMILES string of the molecule is Cc1cc2c(C)cncc2s1.Cc1cncc2sc(C(=O)O)cc12.Cc1cncc2sccc12. The van der Waals surface area contributed by atoms with Crippen LogP contribution in [0.15, 0.2) is 60.8 Å². The molecule has 0 aromatic carbocycles. The summed E-state index contributed by atoms with van der Waals surface area (Å²) in [6.45, 7) is 8.24. The van der Waals surface area contributed by atoms with E-state index >= 15 is 0 Å². The Morgan fingerprint density at radius 2 is 1.24 bits per heavy atom. The molecule has 0 saturated carbocycles. The molecular weight excluding hydrogens is 483 g/mol. The second-order valence-electron chi connectivity index (χ2n) is 7.80. The molecule has 0 atom stereocenters. The molecule has 8 heteroatoms. The molecule has 0 aliphatic heterocycles. The number of nitrogens with zero attached hydrogens (tertiary/aromatic N) is 3. The highest BCUT2D eigenvalue weighted by Gasteiger charge is 2.09. The predicted octanol–water partition coefficient (Wildman–Crippen LogP) is 7.82. The number of carboxylic acid groups (broad SMARTS) is 1. The molecule has 0 unspecified atom stereocenters. The minimum atomic E-state index is -0.874. The van der Waals surface area contributed by atoms with E-state index in [1.54, 1.807) is 41.1 Å². The van der Waals surface area contributed by atoms with Gasteiger partial charge in [-0.05, 0) is 84.1 Å². The first-order valence-electron chi connectivity index (χ1n) is 10.5. The first-order valence-corrected chi connectivity index (χ1v) is 13.0. The Bertz CT molecular complexity index is 1600. The van der Waals surface area contributed by atoms with Gasteiger partial charge in [-0.1, -0.05) is 0 Å². The third kappa shape index (κ3) is 5.30. The topological polar surface area (TPSA) is 76.0 Å². The van der Waals surface area contributed by atoms with E-state index < -0.39 is 5.97 Å². The Kier molecular flexibility index (Phi) is 7.31. The van der Waals surface area contributed by atoms with Crippen molar-refractivity contribution in [1.82, 2.24) is 15.0 Å². The summed E-state index contributed by atoms with van der Waals surface area (Å²) in [7, 11) is 0. The average Bonchev–Trinajstić information content (AvgIpc) is 3.53. The zero-order valence-corrected chi connectivity index (χ0v) is 21.6. The number of thiophene rings is 3. The summed E-state index contributed by atoms with van der Waals surface area (Å²) >= 11 is 4.80. The van der Waals surface area contributed by atoms with E-state index in [4.69, 9.17) is 5.11 Å². The standard InChI is InChI=1S/C9H7NO2S.C9H9NS.C8H7NS/c1-5-3-10-4-8-6(5)2-7(13-8)9(11)12;1-6-4-10-5-9-8(6)3-7(2)11-9;1-6-4-9-5-8-7(6)2-3-10-8/h2-4H,1H3,(H,11,12);3-5H,1-2H3;2-5H,1H3. The largest absolute Gasteiger partial charge is 0.477 e. The summed E-state index contributed by atoms with van der Waals surface area (Å²) in [6, 6.07) is 6.05. The summed E-state index contributed by atoms with van der Waals surface area (Å²) in [6.07, 6.45) is 11.1. The molecule has 6 aromatic rings. The van der Waals surface area contributed by atoms with Gasteiger partial charge in [0.05, 0.1) is 14.1 Å². The maximum Gasteiger partial charge on any atom is 0.345 e. The number of aromatic carboxylic acids is 1.